The van der Waals surface area contributed by atoms with E-state index in [2.05, 4.69) is 15.8 Å². The lowest BCUT2D eigenvalue weighted by atomic mass is 10.1. The van der Waals surface area contributed by atoms with Crippen molar-refractivity contribution < 1.29 is 23.9 Å². The van der Waals surface area contributed by atoms with Crippen LogP contribution in [0, 0.1) is 0 Å². The van der Waals surface area contributed by atoms with Crippen LogP contribution in [0.1, 0.15) is 31.8 Å². The second kappa shape index (κ2) is 13.2. The number of methoxy groups -OCH3 is 1. The molecule has 39 heavy (non-hydrogen) atoms. The Hall–Kier alpha value is -5.50. The topological polar surface area (TPSA) is 106 Å². The zero-order valence-electron chi connectivity index (χ0n) is 21.0. The number of nitrogens with one attached hydrogen (secondary N) is 2. The number of esters is 1. The van der Waals surface area contributed by atoms with E-state index in [-0.39, 0.29) is 5.91 Å². The maximum atomic E-state index is 12.5. The van der Waals surface area contributed by atoms with Gasteiger partial charge in [0.05, 0.1) is 13.3 Å². The van der Waals surface area contributed by atoms with E-state index in [4.69, 9.17) is 9.47 Å². The van der Waals surface area contributed by atoms with Gasteiger partial charge in [0, 0.05) is 28.5 Å². The highest BCUT2D eigenvalue weighted by Crippen LogP contribution is 2.17. The molecule has 0 aromatic heterocycles. The lowest BCUT2D eigenvalue weighted by Crippen LogP contribution is -2.18. The number of hydrazone groups is 1. The van der Waals surface area contributed by atoms with Crippen LogP contribution in [0.25, 0.3) is 6.08 Å². The van der Waals surface area contributed by atoms with Crippen LogP contribution in [0.4, 0.5) is 5.69 Å². The minimum atomic E-state index is -0.539. The number of hydrogen-bond acceptors (Lipinski definition) is 6. The predicted molar refractivity (Wildman–Crippen MR) is 150 cm³/mol. The molecule has 0 heterocycles. The monoisotopic (exact) mass is 519 g/mol. The number of rotatable bonds is 9. The molecule has 0 radical (unpaired) electrons. The maximum Gasteiger partial charge on any atom is 0.336 e. The molecule has 0 saturated heterocycles. The normalized spacial score (nSPS) is 10.8. The van der Waals surface area contributed by atoms with Crippen molar-refractivity contribution in [2.24, 2.45) is 5.10 Å². The van der Waals surface area contributed by atoms with E-state index < -0.39 is 11.9 Å². The average Bonchev–Trinajstić information content (AvgIpc) is 2.98. The highest BCUT2D eigenvalue weighted by Gasteiger charge is 2.09. The summed E-state index contributed by atoms with van der Waals surface area (Å²) in [6.07, 6.45) is 4.40. The summed E-state index contributed by atoms with van der Waals surface area (Å²) >= 11 is 0. The van der Waals surface area contributed by atoms with Crippen LogP contribution in [-0.2, 0) is 4.79 Å². The van der Waals surface area contributed by atoms with Gasteiger partial charge in [0.1, 0.15) is 11.5 Å². The van der Waals surface area contributed by atoms with Gasteiger partial charge in [-0.15, -0.1) is 0 Å². The molecule has 194 valence electrons. The SMILES string of the molecule is COc1ccc(C(=O)Nc2ccc(C(=O)N/N=C\c3ccccc3OC(=O)/C=C/c3ccccc3)cc2)cc1. The molecule has 0 aliphatic carbocycles. The van der Waals surface area contributed by atoms with Gasteiger partial charge in [-0.3, -0.25) is 9.59 Å². The largest absolute Gasteiger partial charge is 0.497 e. The van der Waals surface area contributed by atoms with Gasteiger partial charge in [-0.05, 0) is 72.3 Å². The lowest BCUT2D eigenvalue weighted by Gasteiger charge is -2.07. The Morgan fingerprint density at radius 2 is 1.38 bits per heavy atom. The Kier molecular flexibility index (Phi) is 8.96. The van der Waals surface area contributed by atoms with Gasteiger partial charge in [-0.2, -0.15) is 5.10 Å². The molecule has 0 fully saturated rings. The Bertz CT molecular complexity index is 1500. The molecule has 4 aromatic rings. The number of para-hydroxylation sites is 1. The molecule has 0 aliphatic heterocycles. The quantitative estimate of drug-likeness (QED) is 0.102. The van der Waals surface area contributed by atoms with Crippen LogP contribution >= 0.6 is 0 Å². The van der Waals surface area contributed by atoms with E-state index in [1.807, 2.05) is 30.3 Å². The Labute approximate surface area is 225 Å². The maximum absolute atomic E-state index is 12.5. The first kappa shape index (κ1) is 26.6. The Morgan fingerprint density at radius 3 is 2.10 bits per heavy atom. The number of hydrogen-bond donors (Lipinski definition) is 2. The van der Waals surface area contributed by atoms with Crippen LogP contribution in [-0.4, -0.2) is 31.1 Å². The van der Waals surface area contributed by atoms with Gasteiger partial charge >= 0.3 is 5.97 Å². The molecule has 0 spiro atoms. The third-order valence-corrected chi connectivity index (χ3v) is 5.47. The third kappa shape index (κ3) is 7.74. The first-order chi connectivity index (χ1) is 19.0. The summed E-state index contributed by atoms with van der Waals surface area (Å²) in [6, 6.07) is 29.3. The van der Waals surface area contributed by atoms with Crippen molar-refractivity contribution in [3.05, 3.63) is 131 Å². The molecule has 2 amide bonds. The standard InChI is InChI=1S/C31H25N3O5/c1-38-27-18-14-23(15-19-27)30(36)33-26-16-12-24(13-17-26)31(37)34-32-21-25-9-5-6-10-28(25)39-29(35)20-11-22-7-3-2-4-8-22/h2-21H,1H3,(H,33,36)(H,34,37)/b20-11+,32-21-. The van der Waals surface area contributed by atoms with Gasteiger partial charge in [-0.25, -0.2) is 10.2 Å². The highest BCUT2D eigenvalue weighted by atomic mass is 16.5. The molecule has 0 atom stereocenters. The van der Waals surface area contributed by atoms with Crippen molar-refractivity contribution in [1.29, 1.82) is 0 Å². The molecule has 2 N–H and O–H groups in total. The molecule has 8 nitrogen and oxygen atoms in total. The van der Waals surface area contributed by atoms with E-state index >= 15 is 0 Å². The van der Waals surface area contributed by atoms with Gasteiger partial charge in [0.2, 0.25) is 0 Å². The number of anilines is 1. The van der Waals surface area contributed by atoms with E-state index in [1.54, 1.807) is 86.0 Å². The van der Waals surface area contributed by atoms with E-state index in [0.717, 1.165) is 5.56 Å². The van der Waals surface area contributed by atoms with Gasteiger partial charge in [0.25, 0.3) is 11.8 Å². The van der Waals surface area contributed by atoms with Crippen LogP contribution in [0.5, 0.6) is 11.5 Å². The molecule has 0 unspecified atom stereocenters. The summed E-state index contributed by atoms with van der Waals surface area (Å²) in [7, 11) is 1.56. The van der Waals surface area contributed by atoms with Crippen molar-refractivity contribution >= 4 is 35.8 Å². The number of benzene rings is 4. The number of carbonyl (C=O) groups is 3. The summed E-state index contributed by atoms with van der Waals surface area (Å²) in [5.74, 6) is -0.308. The second-order valence-electron chi connectivity index (χ2n) is 8.16. The lowest BCUT2D eigenvalue weighted by molar-refractivity contribution is -0.128. The fraction of sp³-hybridized carbons (Fsp3) is 0.0323. The number of carbonyl (C=O) groups excluding carboxylic acids is 3. The molecule has 4 aromatic carbocycles. The molecular formula is C31H25N3O5. The minimum Gasteiger partial charge on any atom is -0.497 e. The van der Waals surface area contributed by atoms with Crippen LogP contribution < -0.4 is 20.2 Å². The summed E-state index contributed by atoms with van der Waals surface area (Å²) in [4.78, 5) is 37.2. The molecule has 0 saturated carbocycles. The molecule has 4 rings (SSSR count). The molecule has 0 bridgehead atoms. The first-order valence-electron chi connectivity index (χ1n) is 11.9. The molecule has 8 heteroatoms. The van der Waals surface area contributed by atoms with E-state index in [0.29, 0.717) is 33.9 Å². The fourth-order valence-corrected chi connectivity index (χ4v) is 3.43. The Morgan fingerprint density at radius 1 is 0.744 bits per heavy atom. The van der Waals surface area contributed by atoms with Crippen molar-refractivity contribution in [3.63, 3.8) is 0 Å². The first-order valence-corrected chi connectivity index (χ1v) is 11.9. The highest BCUT2D eigenvalue weighted by molar-refractivity contribution is 6.04. The van der Waals surface area contributed by atoms with Crippen molar-refractivity contribution in [2.75, 3.05) is 12.4 Å². The smallest absolute Gasteiger partial charge is 0.336 e. The van der Waals surface area contributed by atoms with E-state index in [9.17, 15) is 14.4 Å². The summed E-state index contributed by atoms with van der Waals surface area (Å²) < 4.78 is 10.5. The van der Waals surface area contributed by atoms with Crippen LogP contribution in [0.2, 0.25) is 0 Å². The van der Waals surface area contributed by atoms with Gasteiger partial charge in [0.15, 0.2) is 0 Å². The van der Waals surface area contributed by atoms with Gasteiger partial charge in [-0.1, -0.05) is 42.5 Å². The van der Waals surface area contributed by atoms with Crippen molar-refractivity contribution in [2.45, 2.75) is 0 Å². The zero-order valence-corrected chi connectivity index (χ0v) is 21.0. The van der Waals surface area contributed by atoms with Crippen LogP contribution in [0.3, 0.4) is 0 Å². The fourth-order valence-electron chi connectivity index (χ4n) is 3.43. The number of nitrogens with zero attached hydrogens (tertiary/aromatic N) is 1. The third-order valence-electron chi connectivity index (χ3n) is 5.47. The van der Waals surface area contributed by atoms with E-state index in [1.165, 1.54) is 12.3 Å². The number of ether oxygens (including phenoxy) is 2. The summed E-state index contributed by atoms with van der Waals surface area (Å²) in [5, 5.41) is 6.77. The summed E-state index contributed by atoms with van der Waals surface area (Å²) in [6.45, 7) is 0. The van der Waals surface area contributed by atoms with Crippen molar-refractivity contribution in [1.82, 2.24) is 5.43 Å². The minimum absolute atomic E-state index is 0.283. The summed E-state index contributed by atoms with van der Waals surface area (Å²) in [5.41, 5.74) is 5.19. The van der Waals surface area contributed by atoms with Gasteiger partial charge < -0.3 is 14.8 Å². The predicted octanol–water partition coefficient (Wildman–Crippen LogP) is 5.33. The van der Waals surface area contributed by atoms with Crippen LogP contribution in [0.15, 0.2) is 114 Å². The number of amides is 2. The molecular weight excluding hydrogens is 494 g/mol. The molecule has 0 aliphatic rings. The Balaban J connectivity index is 1.32. The average molecular weight is 520 g/mol. The van der Waals surface area contributed by atoms with Crippen molar-refractivity contribution in [3.8, 4) is 11.5 Å². The second-order valence-corrected chi connectivity index (χ2v) is 8.16. The zero-order chi connectivity index (χ0) is 27.5.